The van der Waals surface area contributed by atoms with Crippen molar-refractivity contribution in [3.05, 3.63) is 56.5 Å². The number of rotatable bonds is 16. The molecule has 2 heterocycles. The van der Waals surface area contributed by atoms with Crippen LogP contribution in [0.2, 0.25) is 0 Å². The largest absolute Gasteiger partial charge is 0.353 e. The third-order valence-corrected chi connectivity index (χ3v) is 10.2. The maximum Gasteiger partial charge on any atom is 0.157 e. The van der Waals surface area contributed by atoms with Crippen molar-refractivity contribution in [2.45, 2.75) is 121 Å². The van der Waals surface area contributed by atoms with Gasteiger partial charge in [-0.3, -0.25) is 0 Å². The Morgan fingerprint density at radius 2 is 1.07 bits per heavy atom. The molecule has 0 saturated carbocycles. The molecule has 2 fully saturated rings. The molecule has 5 rings (SSSR count). The SMILES string of the molecule is Brc1ccc2c(c1)C(CCCCCCOC1CCCCO1)(CCCCCCOC1CCCCO1)c1cc(Br)ccc1-2. The quantitative estimate of drug-likeness (QED) is 0.164. The first kappa shape index (κ1) is 31.7. The average molecular weight is 693 g/mol. The molecule has 4 nitrogen and oxygen atoms in total. The Morgan fingerprint density at radius 1 is 0.610 bits per heavy atom. The van der Waals surface area contributed by atoms with Gasteiger partial charge in [-0.1, -0.05) is 82.5 Å². The summed E-state index contributed by atoms with van der Waals surface area (Å²) in [4.78, 5) is 0. The fourth-order valence-corrected chi connectivity index (χ4v) is 7.71. The van der Waals surface area contributed by atoms with E-state index in [9.17, 15) is 0 Å². The van der Waals surface area contributed by atoms with E-state index in [0.717, 1.165) is 52.1 Å². The highest BCUT2D eigenvalue weighted by molar-refractivity contribution is 9.10. The number of ether oxygens (including phenoxy) is 4. The molecule has 0 radical (unpaired) electrons. The van der Waals surface area contributed by atoms with E-state index in [0.29, 0.717) is 0 Å². The number of hydrogen-bond acceptors (Lipinski definition) is 4. The maximum atomic E-state index is 5.98. The fourth-order valence-electron chi connectivity index (χ4n) is 6.98. The second kappa shape index (κ2) is 16.4. The summed E-state index contributed by atoms with van der Waals surface area (Å²) in [7, 11) is 0. The average Bonchev–Trinajstić information content (AvgIpc) is 3.25. The van der Waals surface area contributed by atoms with Crippen molar-refractivity contribution in [1.82, 2.24) is 0 Å². The highest BCUT2D eigenvalue weighted by Gasteiger charge is 2.42. The van der Waals surface area contributed by atoms with Crippen LogP contribution in [0.3, 0.4) is 0 Å². The topological polar surface area (TPSA) is 36.9 Å². The van der Waals surface area contributed by atoms with Gasteiger partial charge in [0.1, 0.15) is 0 Å². The summed E-state index contributed by atoms with van der Waals surface area (Å²) in [5, 5.41) is 0. The molecule has 41 heavy (non-hydrogen) atoms. The summed E-state index contributed by atoms with van der Waals surface area (Å²) in [6.45, 7) is 3.34. The van der Waals surface area contributed by atoms with Gasteiger partial charge in [0.25, 0.3) is 0 Å². The van der Waals surface area contributed by atoms with E-state index in [2.05, 4.69) is 68.3 Å². The minimum Gasteiger partial charge on any atom is -0.353 e. The third kappa shape index (κ3) is 8.67. The number of hydrogen-bond donors (Lipinski definition) is 0. The van der Waals surface area contributed by atoms with Gasteiger partial charge < -0.3 is 18.9 Å². The van der Waals surface area contributed by atoms with Gasteiger partial charge in [0.2, 0.25) is 0 Å². The molecule has 2 aliphatic heterocycles. The Morgan fingerprint density at radius 3 is 1.51 bits per heavy atom. The van der Waals surface area contributed by atoms with Gasteiger partial charge in [-0.15, -0.1) is 0 Å². The standard InChI is InChI=1S/C35H48Br2O4/c36-27-15-17-29-30-18-16-28(37)26-32(30)35(31(29)25-27,19-7-1-3-9-21-38-33-13-5-11-23-40-33)20-8-2-4-10-22-39-34-14-6-12-24-41-34/h15-18,25-26,33-34H,1-14,19-24H2. The van der Waals surface area contributed by atoms with Crippen LogP contribution in [0.5, 0.6) is 0 Å². The molecule has 0 N–H and O–H groups in total. The molecule has 2 saturated heterocycles. The van der Waals surface area contributed by atoms with Crippen LogP contribution in [0.1, 0.15) is 114 Å². The molecule has 0 spiro atoms. The van der Waals surface area contributed by atoms with Crippen molar-refractivity contribution in [3.63, 3.8) is 0 Å². The number of unbranched alkanes of at least 4 members (excludes halogenated alkanes) is 6. The lowest BCUT2D eigenvalue weighted by atomic mass is 9.70. The van der Waals surface area contributed by atoms with Crippen LogP contribution in [0, 0.1) is 0 Å². The minimum absolute atomic E-state index is 0.0301. The van der Waals surface area contributed by atoms with Gasteiger partial charge in [0.05, 0.1) is 0 Å². The molecule has 226 valence electrons. The molecule has 3 aliphatic rings. The number of fused-ring (bicyclic) bond motifs is 3. The van der Waals surface area contributed by atoms with Crippen LogP contribution in [0.25, 0.3) is 11.1 Å². The highest BCUT2D eigenvalue weighted by Crippen LogP contribution is 2.55. The van der Waals surface area contributed by atoms with E-state index < -0.39 is 0 Å². The van der Waals surface area contributed by atoms with Gasteiger partial charge in [-0.05, 0) is 111 Å². The molecule has 2 aromatic carbocycles. The van der Waals surface area contributed by atoms with E-state index in [-0.39, 0.29) is 18.0 Å². The van der Waals surface area contributed by atoms with Crippen molar-refractivity contribution in [1.29, 1.82) is 0 Å². The van der Waals surface area contributed by atoms with Crippen LogP contribution >= 0.6 is 31.9 Å². The van der Waals surface area contributed by atoms with Crippen molar-refractivity contribution < 1.29 is 18.9 Å². The fraction of sp³-hybridized carbons (Fsp3) is 0.657. The Balaban J connectivity index is 1.17. The Hall–Kier alpha value is -0.760. The van der Waals surface area contributed by atoms with Gasteiger partial charge in [0, 0.05) is 40.8 Å². The first-order chi connectivity index (χ1) is 20.2. The second-order valence-electron chi connectivity index (χ2n) is 12.1. The van der Waals surface area contributed by atoms with E-state index in [4.69, 9.17) is 18.9 Å². The minimum atomic E-state index is 0.0301. The van der Waals surface area contributed by atoms with Crippen LogP contribution in [0.15, 0.2) is 45.3 Å². The van der Waals surface area contributed by atoms with Gasteiger partial charge in [0.15, 0.2) is 12.6 Å². The smallest absolute Gasteiger partial charge is 0.157 e. The molecule has 0 amide bonds. The lowest BCUT2D eigenvalue weighted by molar-refractivity contribution is -0.163. The monoisotopic (exact) mass is 690 g/mol. The molecule has 1 aliphatic carbocycles. The first-order valence-corrected chi connectivity index (χ1v) is 17.8. The normalized spacial score (nSPS) is 21.5. The van der Waals surface area contributed by atoms with Crippen LogP contribution in [0.4, 0.5) is 0 Å². The van der Waals surface area contributed by atoms with E-state index in [1.165, 1.54) is 108 Å². The summed E-state index contributed by atoms with van der Waals surface area (Å²) >= 11 is 7.61. The molecular weight excluding hydrogens is 644 g/mol. The van der Waals surface area contributed by atoms with Crippen LogP contribution < -0.4 is 0 Å². The Kier molecular flexibility index (Phi) is 12.6. The second-order valence-corrected chi connectivity index (χ2v) is 14.0. The first-order valence-electron chi connectivity index (χ1n) is 16.2. The Labute approximate surface area is 264 Å². The molecule has 0 bridgehead atoms. The summed E-state index contributed by atoms with van der Waals surface area (Å²) in [6.07, 6.45) is 18.9. The maximum absolute atomic E-state index is 5.98. The zero-order valence-electron chi connectivity index (χ0n) is 24.6. The summed E-state index contributed by atoms with van der Waals surface area (Å²) < 4.78 is 25.8. The molecule has 2 atom stereocenters. The van der Waals surface area contributed by atoms with Crippen molar-refractivity contribution >= 4 is 31.9 Å². The molecule has 2 unspecified atom stereocenters. The van der Waals surface area contributed by atoms with E-state index >= 15 is 0 Å². The van der Waals surface area contributed by atoms with E-state index in [1.54, 1.807) is 0 Å². The predicted molar refractivity (Wildman–Crippen MR) is 173 cm³/mol. The predicted octanol–water partition coefficient (Wildman–Crippen LogP) is 10.5. The molecular formula is C35H48Br2O4. The summed E-state index contributed by atoms with van der Waals surface area (Å²) in [5.41, 5.74) is 5.91. The Bertz CT molecular complexity index is 992. The lowest BCUT2D eigenvalue weighted by Gasteiger charge is -2.33. The zero-order valence-corrected chi connectivity index (χ0v) is 27.8. The van der Waals surface area contributed by atoms with Crippen molar-refractivity contribution in [2.75, 3.05) is 26.4 Å². The highest BCUT2D eigenvalue weighted by atomic mass is 79.9. The molecule has 0 aromatic heterocycles. The van der Waals surface area contributed by atoms with Gasteiger partial charge >= 0.3 is 0 Å². The van der Waals surface area contributed by atoms with Crippen LogP contribution in [-0.4, -0.2) is 39.0 Å². The van der Waals surface area contributed by atoms with E-state index in [1.807, 2.05) is 0 Å². The van der Waals surface area contributed by atoms with Gasteiger partial charge in [-0.2, -0.15) is 0 Å². The number of benzene rings is 2. The van der Waals surface area contributed by atoms with Crippen LogP contribution in [-0.2, 0) is 24.4 Å². The summed E-state index contributed by atoms with van der Waals surface area (Å²) in [6, 6.07) is 13.9. The van der Waals surface area contributed by atoms with Gasteiger partial charge in [-0.25, -0.2) is 0 Å². The van der Waals surface area contributed by atoms with Crippen molar-refractivity contribution in [3.8, 4) is 11.1 Å². The zero-order chi connectivity index (χ0) is 28.3. The van der Waals surface area contributed by atoms with Crippen molar-refractivity contribution in [2.24, 2.45) is 0 Å². The summed E-state index contributed by atoms with van der Waals surface area (Å²) in [5.74, 6) is 0. The molecule has 2 aromatic rings. The number of halogens is 2. The third-order valence-electron chi connectivity index (χ3n) is 9.16. The molecule has 6 heteroatoms. The lowest BCUT2D eigenvalue weighted by Crippen LogP contribution is -2.25.